The number of aliphatic hydroxyl groups is 1. The number of hydrogen-bond donors (Lipinski definition) is 1. The molecule has 1 aromatic heterocycles. The van der Waals surface area contributed by atoms with Crippen LogP contribution in [0.15, 0.2) is 42.6 Å². The van der Waals surface area contributed by atoms with Crippen LogP contribution in [0, 0.1) is 11.7 Å². The first-order valence-corrected chi connectivity index (χ1v) is 10.4. The van der Waals surface area contributed by atoms with Gasteiger partial charge in [-0.3, -0.25) is 4.90 Å². The van der Waals surface area contributed by atoms with Crippen LogP contribution in [0.2, 0.25) is 0 Å². The van der Waals surface area contributed by atoms with Gasteiger partial charge in [0.25, 0.3) is 0 Å². The lowest BCUT2D eigenvalue weighted by Gasteiger charge is -2.31. The largest absolute Gasteiger partial charge is 0.392 e. The summed E-state index contributed by atoms with van der Waals surface area (Å²) in [6.07, 6.45) is 9.14. The van der Waals surface area contributed by atoms with Crippen LogP contribution in [0.1, 0.15) is 56.7 Å². The molecule has 0 amide bonds. The van der Waals surface area contributed by atoms with Gasteiger partial charge in [0.15, 0.2) is 0 Å². The highest BCUT2D eigenvalue weighted by atomic mass is 19.1. The molecule has 0 spiro atoms. The summed E-state index contributed by atoms with van der Waals surface area (Å²) in [6.45, 7) is 5.13. The van der Waals surface area contributed by atoms with E-state index >= 15 is 0 Å². The highest BCUT2D eigenvalue weighted by Crippen LogP contribution is 2.25. The number of halogens is 1. The predicted octanol–water partition coefficient (Wildman–Crippen LogP) is 4.83. The van der Waals surface area contributed by atoms with Crippen LogP contribution in [0.4, 0.5) is 4.39 Å². The summed E-state index contributed by atoms with van der Waals surface area (Å²) in [5, 5.41) is 10.2. The third-order valence-electron chi connectivity index (χ3n) is 5.79. The lowest BCUT2D eigenvalue weighted by Crippen LogP contribution is -2.36. The summed E-state index contributed by atoms with van der Waals surface area (Å²) in [6, 6.07) is 11.1. The Kier molecular flexibility index (Phi) is 7.48. The Balaban J connectivity index is 1.69. The standard InChI is InChI=1S/C23H33FN2O/c1-2-22(27)18-25(15-19-9-4-3-5-10-19)17-21-12-8-14-26(21)16-20-11-6-7-13-23(20)24/h6-8,11-14,19,22,27H,2-5,9-10,15-18H2,1H3/t22-/m1/s1. The molecule has 0 unspecified atom stereocenters. The summed E-state index contributed by atoms with van der Waals surface area (Å²) < 4.78 is 16.2. The van der Waals surface area contributed by atoms with Crippen molar-refractivity contribution in [1.29, 1.82) is 0 Å². The number of aliphatic hydroxyl groups excluding tert-OH is 1. The fourth-order valence-corrected chi connectivity index (χ4v) is 4.15. The van der Waals surface area contributed by atoms with Gasteiger partial charge < -0.3 is 9.67 Å². The van der Waals surface area contributed by atoms with Crippen molar-refractivity contribution in [3.8, 4) is 0 Å². The lowest BCUT2D eigenvalue weighted by atomic mass is 9.89. The van der Waals surface area contributed by atoms with Crippen LogP contribution < -0.4 is 0 Å². The molecule has 1 N–H and O–H groups in total. The van der Waals surface area contributed by atoms with E-state index in [4.69, 9.17) is 0 Å². The molecule has 0 aliphatic heterocycles. The van der Waals surface area contributed by atoms with E-state index in [-0.39, 0.29) is 11.9 Å². The molecule has 3 nitrogen and oxygen atoms in total. The molecule has 27 heavy (non-hydrogen) atoms. The van der Waals surface area contributed by atoms with E-state index in [1.807, 2.05) is 31.3 Å². The second kappa shape index (κ2) is 10.0. The van der Waals surface area contributed by atoms with E-state index in [1.54, 1.807) is 6.07 Å². The Bertz CT molecular complexity index is 693. The molecule has 148 valence electrons. The van der Waals surface area contributed by atoms with Crippen LogP contribution in [0.3, 0.4) is 0 Å². The van der Waals surface area contributed by atoms with Crippen LogP contribution >= 0.6 is 0 Å². The predicted molar refractivity (Wildman–Crippen MR) is 108 cm³/mol. The van der Waals surface area contributed by atoms with E-state index in [0.29, 0.717) is 18.7 Å². The summed E-state index contributed by atoms with van der Waals surface area (Å²) in [5.74, 6) is 0.579. The smallest absolute Gasteiger partial charge is 0.128 e. The minimum absolute atomic E-state index is 0.155. The van der Waals surface area contributed by atoms with Gasteiger partial charge >= 0.3 is 0 Å². The van der Waals surface area contributed by atoms with Gasteiger partial charge in [0.1, 0.15) is 5.82 Å². The molecule has 2 aromatic rings. The third-order valence-corrected chi connectivity index (χ3v) is 5.79. The summed E-state index contributed by atoms with van der Waals surface area (Å²) in [7, 11) is 0. The van der Waals surface area contributed by atoms with E-state index in [0.717, 1.165) is 25.4 Å². The molecule has 0 saturated heterocycles. The SMILES string of the molecule is CC[C@@H](O)CN(Cc1cccn1Cc1ccccc1F)CC1CCCCC1. The van der Waals surface area contributed by atoms with Crippen molar-refractivity contribution in [3.05, 3.63) is 59.7 Å². The molecule has 1 heterocycles. The normalized spacial score (nSPS) is 16.7. The number of hydrogen-bond acceptors (Lipinski definition) is 2. The maximum absolute atomic E-state index is 14.0. The Morgan fingerprint density at radius 2 is 1.93 bits per heavy atom. The fraction of sp³-hybridized carbons (Fsp3) is 0.565. The number of aromatic nitrogens is 1. The molecule has 3 rings (SSSR count). The van der Waals surface area contributed by atoms with Crippen LogP contribution in [-0.4, -0.2) is 33.8 Å². The molecule has 1 saturated carbocycles. The Morgan fingerprint density at radius 1 is 1.15 bits per heavy atom. The van der Waals surface area contributed by atoms with E-state index < -0.39 is 0 Å². The Morgan fingerprint density at radius 3 is 2.67 bits per heavy atom. The highest BCUT2D eigenvalue weighted by molar-refractivity contribution is 5.19. The zero-order valence-electron chi connectivity index (χ0n) is 16.5. The average Bonchev–Trinajstić information content (AvgIpc) is 3.11. The first-order chi connectivity index (χ1) is 13.2. The highest BCUT2D eigenvalue weighted by Gasteiger charge is 2.20. The lowest BCUT2D eigenvalue weighted by molar-refractivity contribution is 0.0889. The van der Waals surface area contributed by atoms with E-state index in [9.17, 15) is 9.50 Å². The quantitative estimate of drug-likeness (QED) is 0.683. The van der Waals surface area contributed by atoms with E-state index in [1.165, 1.54) is 43.9 Å². The molecular weight excluding hydrogens is 339 g/mol. The molecule has 4 heteroatoms. The molecular formula is C23H33FN2O. The molecule has 1 aliphatic rings. The summed E-state index contributed by atoms with van der Waals surface area (Å²) >= 11 is 0. The van der Waals surface area contributed by atoms with Crippen molar-refractivity contribution in [1.82, 2.24) is 9.47 Å². The van der Waals surface area contributed by atoms with Gasteiger partial charge in [0.2, 0.25) is 0 Å². The second-order valence-corrected chi connectivity index (χ2v) is 7.98. The molecule has 1 aromatic carbocycles. The molecule has 1 aliphatic carbocycles. The molecule has 1 fully saturated rings. The first kappa shape index (κ1) is 20.1. The summed E-state index contributed by atoms with van der Waals surface area (Å²) in [5.41, 5.74) is 1.89. The first-order valence-electron chi connectivity index (χ1n) is 10.4. The van der Waals surface area contributed by atoms with Gasteiger partial charge in [-0.15, -0.1) is 0 Å². The van der Waals surface area contributed by atoms with Crippen molar-refractivity contribution in [2.45, 2.75) is 64.6 Å². The zero-order chi connectivity index (χ0) is 19.1. The van der Waals surface area contributed by atoms with Crippen LogP contribution in [-0.2, 0) is 13.1 Å². The van der Waals surface area contributed by atoms with Crippen molar-refractivity contribution in [2.24, 2.45) is 5.92 Å². The minimum atomic E-state index is -0.288. The molecule has 1 atom stereocenters. The fourth-order valence-electron chi connectivity index (χ4n) is 4.15. The average molecular weight is 373 g/mol. The molecule has 0 radical (unpaired) electrons. The maximum Gasteiger partial charge on any atom is 0.128 e. The van der Waals surface area contributed by atoms with Crippen LogP contribution in [0.25, 0.3) is 0 Å². The summed E-state index contributed by atoms with van der Waals surface area (Å²) in [4.78, 5) is 2.40. The topological polar surface area (TPSA) is 28.4 Å². The van der Waals surface area contributed by atoms with Crippen molar-refractivity contribution in [2.75, 3.05) is 13.1 Å². The van der Waals surface area contributed by atoms with Gasteiger partial charge in [-0.2, -0.15) is 0 Å². The van der Waals surface area contributed by atoms with Crippen LogP contribution in [0.5, 0.6) is 0 Å². The van der Waals surface area contributed by atoms with Gasteiger partial charge in [-0.1, -0.05) is 44.4 Å². The Labute approximate surface area is 162 Å². The van der Waals surface area contributed by atoms with Crippen molar-refractivity contribution in [3.63, 3.8) is 0 Å². The van der Waals surface area contributed by atoms with Crippen molar-refractivity contribution >= 4 is 0 Å². The van der Waals surface area contributed by atoms with Gasteiger partial charge in [0, 0.05) is 37.1 Å². The van der Waals surface area contributed by atoms with Gasteiger partial charge in [-0.05, 0) is 43.4 Å². The third kappa shape index (κ3) is 5.91. The number of nitrogens with zero attached hydrogens (tertiary/aromatic N) is 2. The second-order valence-electron chi connectivity index (χ2n) is 7.98. The van der Waals surface area contributed by atoms with Gasteiger partial charge in [0.05, 0.1) is 12.6 Å². The van der Waals surface area contributed by atoms with Gasteiger partial charge in [-0.25, -0.2) is 4.39 Å². The minimum Gasteiger partial charge on any atom is -0.392 e. The number of benzene rings is 1. The monoisotopic (exact) mass is 372 g/mol. The van der Waals surface area contributed by atoms with E-state index in [2.05, 4.69) is 15.5 Å². The van der Waals surface area contributed by atoms with Crippen molar-refractivity contribution < 1.29 is 9.50 Å². The zero-order valence-corrected chi connectivity index (χ0v) is 16.5. The molecule has 0 bridgehead atoms. The Hall–Kier alpha value is -1.65. The maximum atomic E-state index is 14.0. The number of rotatable bonds is 9.